The van der Waals surface area contributed by atoms with Crippen molar-refractivity contribution in [3.63, 3.8) is 0 Å². The van der Waals surface area contributed by atoms with Crippen LogP contribution in [0.4, 0.5) is 5.69 Å². The van der Waals surface area contributed by atoms with Crippen molar-refractivity contribution in [2.45, 2.75) is 12.8 Å². The fourth-order valence-electron chi connectivity index (χ4n) is 1.89. The van der Waals surface area contributed by atoms with Crippen molar-refractivity contribution in [1.82, 2.24) is 5.48 Å². The summed E-state index contributed by atoms with van der Waals surface area (Å²) in [5.41, 5.74) is 8.35. The van der Waals surface area contributed by atoms with Crippen molar-refractivity contribution < 1.29 is 24.3 Å². The third-order valence-electron chi connectivity index (χ3n) is 3.24. The van der Waals surface area contributed by atoms with Crippen LogP contribution in [0, 0.1) is 11.8 Å². The number of nitrogens with one attached hydrogen (secondary N) is 1. The van der Waals surface area contributed by atoms with Gasteiger partial charge in [-0.3, -0.25) is 9.59 Å². The van der Waals surface area contributed by atoms with E-state index < -0.39 is 29.7 Å². The number of amides is 1. The Balaban J connectivity index is 1.78. The van der Waals surface area contributed by atoms with Gasteiger partial charge >= 0.3 is 11.9 Å². The maximum Gasteiger partial charge on any atom is 0.335 e. The molecule has 0 heterocycles. The van der Waals surface area contributed by atoms with Crippen LogP contribution in [0.25, 0.3) is 0 Å². The van der Waals surface area contributed by atoms with Gasteiger partial charge in [0.1, 0.15) is 0 Å². The van der Waals surface area contributed by atoms with Gasteiger partial charge in [-0.1, -0.05) is 0 Å². The average molecular weight is 278 g/mol. The van der Waals surface area contributed by atoms with Gasteiger partial charge in [-0.25, -0.2) is 4.79 Å². The summed E-state index contributed by atoms with van der Waals surface area (Å²) < 4.78 is 0. The van der Waals surface area contributed by atoms with E-state index in [1.165, 1.54) is 12.1 Å². The highest BCUT2D eigenvalue weighted by molar-refractivity contribution is 5.94. The van der Waals surface area contributed by atoms with E-state index in [0.717, 1.165) is 0 Å². The molecule has 0 unspecified atom stereocenters. The number of rotatable bonds is 3. The molecule has 106 valence electrons. The Morgan fingerprint density at radius 2 is 1.75 bits per heavy atom. The molecule has 0 bridgehead atoms. The van der Waals surface area contributed by atoms with E-state index in [0.29, 0.717) is 11.3 Å². The van der Waals surface area contributed by atoms with Gasteiger partial charge in [0.25, 0.3) is 5.91 Å². The van der Waals surface area contributed by atoms with E-state index in [9.17, 15) is 14.4 Å². The first-order valence-corrected chi connectivity index (χ1v) is 6.06. The van der Waals surface area contributed by atoms with Crippen LogP contribution in [0.5, 0.6) is 0 Å². The minimum atomic E-state index is -0.917. The number of aliphatic carboxylic acids is 1. The fraction of sp³-hybridized carbons (Fsp3) is 0.308. The molecule has 1 aliphatic rings. The molecule has 20 heavy (non-hydrogen) atoms. The summed E-state index contributed by atoms with van der Waals surface area (Å²) >= 11 is 0. The minimum absolute atomic E-state index is 0.242. The Labute approximate surface area is 114 Å². The standard InChI is InChI=1S/C13H14N2O5/c14-10-3-1-7(2-4-10)11(16)15-20-13(19)9-5-8(6-9)12(17)18/h1-4,8-9H,5-6,14H2,(H,15,16)(H,17,18). The van der Waals surface area contributed by atoms with Crippen LogP contribution in [0.3, 0.4) is 0 Å². The molecule has 7 nitrogen and oxygen atoms in total. The number of carboxylic acids is 1. The number of anilines is 1. The molecule has 2 rings (SSSR count). The average Bonchev–Trinajstić information content (AvgIpc) is 2.34. The smallest absolute Gasteiger partial charge is 0.335 e. The van der Waals surface area contributed by atoms with Gasteiger partial charge in [-0.05, 0) is 37.1 Å². The number of carbonyl (C=O) groups is 3. The van der Waals surface area contributed by atoms with E-state index in [1.54, 1.807) is 12.1 Å². The van der Waals surface area contributed by atoms with E-state index in [4.69, 9.17) is 10.8 Å². The van der Waals surface area contributed by atoms with E-state index in [2.05, 4.69) is 4.84 Å². The summed E-state index contributed by atoms with van der Waals surface area (Å²) in [6.07, 6.45) is 0.484. The van der Waals surface area contributed by atoms with E-state index >= 15 is 0 Å². The summed E-state index contributed by atoms with van der Waals surface area (Å²) in [5.74, 6) is -3.07. The summed E-state index contributed by atoms with van der Waals surface area (Å²) in [7, 11) is 0. The largest absolute Gasteiger partial charge is 0.481 e. The Hall–Kier alpha value is -2.57. The zero-order valence-corrected chi connectivity index (χ0v) is 10.5. The van der Waals surface area contributed by atoms with Gasteiger partial charge < -0.3 is 15.7 Å². The molecule has 0 aromatic heterocycles. The highest BCUT2D eigenvalue weighted by atomic mass is 16.7. The van der Waals surface area contributed by atoms with Crippen molar-refractivity contribution in [3.8, 4) is 0 Å². The lowest BCUT2D eigenvalue weighted by atomic mass is 9.75. The predicted octanol–water partition coefficient (Wildman–Crippen LogP) is 0.568. The van der Waals surface area contributed by atoms with Crippen LogP contribution in [0.1, 0.15) is 23.2 Å². The summed E-state index contributed by atoms with van der Waals surface area (Å²) in [6.45, 7) is 0. The normalized spacial score (nSPS) is 20.6. The molecular formula is C13H14N2O5. The number of hydroxylamine groups is 1. The van der Waals surface area contributed by atoms with Crippen molar-refractivity contribution in [3.05, 3.63) is 29.8 Å². The molecule has 1 amide bonds. The molecule has 1 aliphatic carbocycles. The first-order chi connectivity index (χ1) is 9.47. The molecule has 4 N–H and O–H groups in total. The van der Waals surface area contributed by atoms with Crippen molar-refractivity contribution >= 4 is 23.5 Å². The Morgan fingerprint density at radius 3 is 2.30 bits per heavy atom. The molecule has 0 atom stereocenters. The molecule has 0 saturated heterocycles. The number of nitrogens with two attached hydrogens (primary N) is 1. The van der Waals surface area contributed by atoms with E-state index in [-0.39, 0.29) is 12.8 Å². The Morgan fingerprint density at radius 1 is 1.15 bits per heavy atom. The molecule has 0 aliphatic heterocycles. The quantitative estimate of drug-likeness (QED) is 0.549. The highest BCUT2D eigenvalue weighted by Crippen LogP contribution is 2.34. The molecule has 1 aromatic rings. The number of carbonyl (C=O) groups excluding carboxylic acids is 2. The van der Waals surface area contributed by atoms with Crippen molar-refractivity contribution in [2.24, 2.45) is 11.8 Å². The topological polar surface area (TPSA) is 119 Å². The lowest BCUT2D eigenvalue weighted by molar-refractivity contribution is -0.162. The third-order valence-corrected chi connectivity index (χ3v) is 3.24. The van der Waals surface area contributed by atoms with Gasteiger partial charge in [0.2, 0.25) is 0 Å². The highest BCUT2D eigenvalue weighted by Gasteiger charge is 2.40. The molecular weight excluding hydrogens is 264 g/mol. The lowest BCUT2D eigenvalue weighted by Crippen LogP contribution is -2.39. The zero-order valence-electron chi connectivity index (χ0n) is 10.5. The third kappa shape index (κ3) is 3.05. The maximum absolute atomic E-state index is 11.6. The zero-order chi connectivity index (χ0) is 14.7. The molecule has 1 aromatic carbocycles. The first kappa shape index (κ1) is 13.9. The molecule has 1 saturated carbocycles. The molecule has 0 spiro atoms. The Bertz CT molecular complexity index is 534. The Kier molecular flexibility index (Phi) is 3.88. The molecule has 7 heteroatoms. The first-order valence-electron chi connectivity index (χ1n) is 6.06. The second-order valence-electron chi connectivity index (χ2n) is 4.68. The predicted molar refractivity (Wildman–Crippen MR) is 68.3 cm³/mol. The number of benzene rings is 1. The summed E-state index contributed by atoms with van der Waals surface area (Å²) in [5, 5.41) is 8.69. The SMILES string of the molecule is Nc1ccc(C(=O)NOC(=O)C2CC(C(=O)O)C2)cc1. The van der Waals surface area contributed by atoms with E-state index in [1.807, 2.05) is 5.48 Å². The summed E-state index contributed by atoms with van der Waals surface area (Å²) in [4.78, 5) is 38.4. The van der Waals surface area contributed by atoms with Gasteiger partial charge in [-0.15, -0.1) is 0 Å². The van der Waals surface area contributed by atoms with Gasteiger partial charge in [0.15, 0.2) is 0 Å². The van der Waals surface area contributed by atoms with Gasteiger partial charge in [-0.2, -0.15) is 5.48 Å². The van der Waals surface area contributed by atoms with Crippen LogP contribution in [-0.2, 0) is 14.4 Å². The lowest BCUT2D eigenvalue weighted by Gasteiger charge is -2.29. The van der Waals surface area contributed by atoms with Crippen LogP contribution >= 0.6 is 0 Å². The number of nitrogen functional groups attached to an aromatic ring is 1. The number of carboxylic acid groups (broad SMARTS) is 1. The second kappa shape index (κ2) is 5.60. The van der Waals surface area contributed by atoms with Crippen LogP contribution in [-0.4, -0.2) is 23.0 Å². The van der Waals surface area contributed by atoms with Crippen molar-refractivity contribution in [2.75, 3.05) is 5.73 Å². The van der Waals surface area contributed by atoms with Crippen LogP contribution in [0.15, 0.2) is 24.3 Å². The fourth-order valence-corrected chi connectivity index (χ4v) is 1.89. The minimum Gasteiger partial charge on any atom is -0.481 e. The van der Waals surface area contributed by atoms with Crippen LogP contribution < -0.4 is 11.2 Å². The van der Waals surface area contributed by atoms with Gasteiger partial charge in [0, 0.05) is 11.3 Å². The molecule has 0 radical (unpaired) electrons. The number of hydrogen-bond acceptors (Lipinski definition) is 5. The van der Waals surface area contributed by atoms with Crippen LogP contribution in [0.2, 0.25) is 0 Å². The molecule has 1 fully saturated rings. The maximum atomic E-state index is 11.6. The monoisotopic (exact) mass is 278 g/mol. The van der Waals surface area contributed by atoms with Crippen molar-refractivity contribution in [1.29, 1.82) is 0 Å². The van der Waals surface area contributed by atoms with Gasteiger partial charge in [0.05, 0.1) is 11.8 Å². The second-order valence-corrected chi connectivity index (χ2v) is 4.68. The number of hydrogen-bond donors (Lipinski definition) is 3. The summed E-state index contributed by atoms with van der Waals surface area (Å²) in [6, 6.07) is 6.12.